The summed E-state index contributed by atoms with van der Waals surface area (Å²) >= 11 is 0. The van der Waals surface area contributed by atoms with Crippen LogP contribution in [0.4, 0.5) is 5.69 Å². The van der Waals surface area contributed by atoms with Crippen LogP contribution in [0.15, 0.2) is 30.3 Å². The second-order valence-electron chi connectivity index (χ2n) is 5.65. The summed E-state index contributed by atoms with van der Waals surface area (Å²) in [4.78, 5) is 11.2. The lowest BCUT2D eigenvalue weighted by molar-refractivity contribution is -0.114. The van der Waals surface area contributed by atoms with E-state index in [0.717, 1.165) is 17.2 Å². The molecule has 2 nitrogen and oxygen atoms in total. The topological polar surface area (TPSA) is 29.1 Å². The number of benzene rings is 1. The van der Waals surface area contributed by atoms with Crippen molar-refractivity contribution < 1.29 is 4.79 Å². The van der Waals surface area contributed by atoms with Crippen LogP contribution in [0, 0.1) is 11.8 Å². The van der Waals surface area contributed by atoms with Crippen molar-refractivity contribution in [2.75, 3.05) is 5.32 Å². The van der Waals surface area contributed by atoms with Crippen molar-refractivity contribution in [3.8, 4) is 0 Å². The van der Waals surface area contributed by atoms with Crippen molar-refractivity contribution in [2.45, 2.75) is 39.5 Å². The Balaban J connectivity index is 2.03. The van der Waals surface area contributed by atoms with Crippen LogP contribution in [0.3, 0.4) is 0 Å². The fourth-order valence-corrected chi connectivity index (χ4v) is 2.66. The maximum Gasteiger partial charge on any atom is 0.221 e. The molecule has 0 spiro atoms. The molecule has 1 amide bonds. The molecule has 0 atom stereocenters. The summed E-state index contributed by atoms with van der Waals surface area (Å²) in [5, 5.41) is 2.88. The van der Waals surface area contributed by atoms with Crippen LogP contribution in [0.1, 0.15) is 45.1 Å². The van der Waals surface area contributed by atoms with Gasteiger partial charge in [0.05, 0.1) is 0 Å². The Bertz CT molecular complexity index is 456. The number of carbonyl (C=O) groups is 1. The van der Waals surface area contributed by atoms with Crippen molar-refractivity contribution in [3.05, 3.63) is 35.9 Å². The molecule has 19 heavy (non-hydrogen) atoms. The molecule has 2 heteroatoms. The van der Waals surface area contributed by atoms with Crippen LogP contribution in [0.25, 0.3) is 6.08 Å². The summed E-state index contributed by atoms with van der Waals surface area (Å²) in [6, 6.07) is 7.95. The molecular formula is C17H23NO. The van der Waals surface area contributed by atoms with Gasteiger partial charge in [-0.05, 0) is 36.3 Å². The number of nitrogens with one attached hydrogen (secondary N) is 1. The summed E-state index contributed by atoms with van der Waals surface area (Å²) in [5.41, 5.74) is 1.99. The molecule has 0 saturated heterocycles. The zero-order valence-electron chi connectivity index (χ0n) is 11.9. The molecule has 0 aromatic heterocycles. The van der Waals surface area contributed by atoms with E-state index in [1.807, 2.05) is 24.3 Å². The molecule has 0 bridgehead atoms. The van der Waals surface area contributed by atoms with Crippen LogP contribution in [0.5, 0.6) is 0 Å². The molecule has 1 aliphatic rings. The van der Waals surface area contributed by atoms with Crippen LogP contribution in [-0.2, 0) is 4.79 Å². The molecule has 1 aromatic rings. The fourth-order valence-electron chi connectivity index (χ4n) is 2.66. The van der Waals surface area contributed by atoms with Gasteiger partial charge in [0.15, 0.2) is 0 Å². The predicted molar refractivity (Wildman–Crippen MR) is 80.9 cm³/mol. The third kappa shape index (κ3) is 4.23. The molecule has 0 heterocycles. The Labute approximate surface area is 115 Å². The number of anilines is 1. The Morgan fingerprint density at radius 1 is 1.21 bits per heavy atom. The van der Waals surface area contributed by atoms with E-state index < -0.39 is 0 Å². The molecule has 2 rings (SSSR count). The highest BCUT2D eigenvalue weighted by Gasteiger charge is 2.15. The first-order valence-corrected chi connectivity index (χ1v) is 7.20. The quantitative estimate of drug-likeness (QED) is 0.849. The summed E-state index contributed by atoms with van der Waals surface area (Å²) in [7, 11) is 0. The lowest BCUT2D eigenvalue weighted by Crippen LogP contribution is -2.10. The van der Waals surface area contributed by atoms with Gasteiger partial charge in [-0.25, -0.2) is 0 Å². The minimum absolute atomic E-state index is 0.0210. The maximum atomic E-state index is 11.2. The van der Waals surface area contributed by atoms with E-state index >= 15 is 0 Å². The zero-order valence-corrected chi connectivity index (χ0v) is 11.9. The Hall–Kier alpha value is -1.57. The smallest absolute Gasteiger partial charge is 0.221 e. The minimum atomic E-state index is -0.0210. The summed E-state index contributed by atoms with van der Waals surface area (Å²) < 4.78 is 0. The SMILES string of the molecule is CC(=O)Nc1ccccc1/C=C/C1CCC(C)CC1. The van der Waals surface area contributed by atoms with E-state index in [-0.39, 0.29) is 5.91 Å². The maximum absolute atomic E-state index is 11.2. The highest BCUT2D eigenvalue weighted by Crippen LogP contribution is 2.30. The first kappa shape index (κ1) is 13.9. The largest absolute Gasteiger partial charge is 0.326 e. The van der Waals surface area contributed by atoms with Gasteiger partial charge in [0.25, 0.3) is 0 Å². The Morgan fingerprint density at radius 2 is 1.89 bits per heavy atom. The van der Waals surface area contributed by atoms with E-state index in [2.05, 4.69) is 24.4 Å². The molecular weight excluding hydrogens is 234 g/mol. The summed E-state index contributed by atoms with van der Waals surface area (Å²) in [5.74, 6) is 1.56. The molecule has 0 unspecified atom stereocenters. The Kier molecular flexibility index (Phi) is 4.78. The number of amides is 1. The van der Waals surface area contributed by atoms with E-state index in [1.54, 1.807) is 6.92 Å². The van der Waals surface area contributed by atoms with Crippen molar-refractivity contribution in [2.24, 2.45) is 11.8 Å². The van der Waals surface area contributed by atoms with E-state index in [4.69, 9.17) is 0 Å². The molecule has 1 aromatic carbocycles. The second kappa shape index (κ2) is 6.55. The molecule has 0 radical (unpaired) electrons. The van der Waals surface area contributed by atoms with Crippen molar-refractivity contribution in [1.29, 1.82) is 0 Å². The van der Waals surface area contributed by atoms with Gasteiger partial charge in [-0.2, -0.15) is 0 Å². The third-order valence-corrected chi connectivity index (χ3v) is 3.88. The van der Waals surface area contributed by atoms with Crippen LogP contribution in [-0.4, -0.2) is 5.91 Å². The van der Waals surface area contributed by atoms with E-state index in [0.29, 0.717) is 5.92 Å². The average Bonchev–Trinajstić information content (AvgIpc) is 2.39. The number of hydrogen-bond donors (Lipinski definition) is 1. The van der Waals surface area contributed by atoms with Gasteiger partial charge in [0.1, 0.15) is 0 Å². The summed E-state index contributed by atoms with van der Waals surface area (Å²) in [6.07, 6.45) is 9.73. The number of rotatable bonds is 3. The molecule has 1 fully saturated rings. The third-order valence-electron chi connectivity index (χ3n) is 3.88. The second-order valence-corrected chi connectivity index (χ2v) is 5.65. The molecule has 1 aliphatic carbocycles. The summed E-state index contributed by atoms with van der Waals surface area (Å²) in [6.45, 7) is 3.88. The van der Waals surface area contributed by atoms with Gasteiger partial charge >= 0.3 is 0 Å². The molecule has 0 aliphatic heterocycles. The average molecular weight is 257 g/mol. The van der Waals surface area contributed by atoms with Gasteiger partial charge in [-0.1, -0.05) is 50.1 Å². The Morgan fingerprint density at radius 3 is 2.58 bits per heavy atom. The standard InChI is InChI=1S/C17H23NO/c1-13-7-9-15(10-8-13)11-12-16-5-3-4-6-17(16)18-14(2)19/h3-6,11-13,15H,7-10H2,1-2H3,(H,18,19)/b12-11+. The molecule has 1 N–H and O–H groups in total. The number of carbonyl (C=O) groups excluding carboxylic acids is 1. The number of hydrogen-bond acceptors (Lipinski definition) is 1. The van der Waals surface area contributed by atoms with Gasteiger partial charge < -0.3 is 5.32 Å². The van der Waals surface area contributed by atoms with E-state index in [1.165, 1.54) is 25.7 Å². The molecule has 1 saturated carbocycles. The van der Waals surface area contributed by atoms with Gasteiger partial charge in [0, 0.05) is 12.6 Å². The zero-order chi connectivity index (χ0) is 13.7. The highest BCUT2D eigenvalue weighted by atomic mass is 16.1. The first-order chi connectivity index (χ1) is 9.15. The highest BCUT2D eigenvalue weighted by molar-refractivity contribution is 5.91. The normalized spacial score (nSPS) is 23.5. The van der Waals surface area contributed by atoms with E-state index in [9.17, 15) is 4.79 Å². The lowest BCUT2D eigenvalue weighted by Gasteiger charge is -2.23. The van der Waals surface area contributed by atoms with Crippen LogP contribution >= 0.6 is 0 Å². The monoisotopic (exact) mass is 257 g/mol. The fraction of sp³-hybridized carbons (Fsp3) is 0.471. The van der Waals surface area contributed by atoms with Gasteiger partial charge in [0.2, 0.25) is 5.91 Å². The predicted octanol–water partition coefficient (Wildman–Crippen LogP) is 4.48. The van der Waals surface area contributed by atoms with Crippen molar-refractivity contribution in [3.63, 3.8) is 0 Å². The lowest BCUT2D eigenvalue weighted by atomic mass is 9.83. The van der Waals surface area contributed by atoms with Crippen molar-refractivity contribution in [1.82, 2.24) is 0 Å². The number of allylic oxidation sites excluding steroid dienone is 1. The van der Waals surface area contributed by atoms with Crippen LogP contribution < -0.4 is 5.32 Å². The van der Waals surface area contributed by atoms with Gasteiger partial charge in [-0.15, -0.1) is 0 Å². The minimum Gasteiger partial charge on any atom is -0.326 e. The number of para-hydroxylation sites is 1. The molecule has 102 valence electrons. The van der Waals surface area contributed by atoms with Crippen molar-refractivity contribution >= 4 is 17.7 Å². The first-order valence-electron chi connectivity index (χ1n) is 7.20. The van der Waals surface area contributed by atoms with Crippen LogP contribution in [0.2, 0.25) is 0 Å². The van der Waals surface area contributed by atoms with Gasteiger partial charge in [-0.3, -0.25) is 4.79 Å².